The van der Waals surface area contributed by atoms with Gasteiger partial charge in [0.25, 0.3) is 15.9 Å². The number of hydrogen-bond acceptors (Lipinski definition) is 13. The number of pyridine rings is 2. The van der Waals surface area contributed by atoms with Crippen LogP contribution >= 0.6 is 0 Å². The van der Waals surface area contributed by atoms with Crippen LogP contribution in [-0.4, -0.2) is 97.3 Å². The number of ether oxygens (including phenoxy) is 4. The van der Waals surface area contributed by atoms with Crippen LogP contribution in [0.4, 0.5) is 11.4 Å². The molecule has 16 nitrogen and oxygen atoms in total. The molecular weight excluding hydrogens is 815 g/mol. The van der Waals surface area contributed by atoms with Gasteiger partial charge in [0.1, 0.15) is 24.1 Å². The molecule has 2 atom stereocenters. The SMILES string of the molecule is CC(C)c1ccccc1C1CCCN1C1CC2(CCN(c3cnc(C(=O)NS(=O)(=O)c4ccc(OCC5COCCO5)c([N+](=O)[O-])c4)c(Oc4cnc5[nH]ccc5c4)c3)CC2)C1. The van der Waals surface area contributed by atoms with Crippen molar-refractivity contribution in [3.05, 3.63) is 106 Å². The Labute approximate surface area is 360 Å². The number of rotatable bonds is 13. The Balaban J connectivity index is 0.903. The number of likely N-dealkylation sites (tertiary alicyclic amines) is 1. The van der Waals surface area contributed by atoms with Gasteiger partial charge in [-0.2, -0.15) is 0 Å². The molecule has 2 unspecified atom stereocenters. The molecule has 6 heterocycles. The van der Waals surface area contributed by atoms with Gasteiger partial charge in [-0.15, -0.1) is 0 Å². The van der Waals surface area contributed by atoms with Crippen molar-refractivity contribution in [2.24, 2.45) is 5.41 Å². The Bertz CT molecular complexity index is 2560. The first-order chi connectivity index (χ1) is 29.9. The van der Waals surface area contributed by atoms with Crippen LogP contribution in [0.2, 0.25) is 0 Å². The van der Waals surface area contributed by atoms with Gasteiger partial charge in [-0.05, 0) is 91.8 Å². The second-order valence-electron chi connectivity index (χ2n) is 17.2. The molecule has 1 amide bonds. The van der Waals surface area contributed by atoms with E-state index in [0.29, 0.717) is 42.6 Å². The molecular formula is C45H51N7O9S. The van der Waals surface area contributed by atoms with Crippen molar-refractivity contribution >= 4 is 38.3 Å². The van der Waals surface area contributed by atoms with Crippen molar-refractivity contribution < 1.29 is 37.1 Å². The summed E-state index contributed by atoms with van der Waals surface area (Å²) in [6.45, 7) is 8.33. The second-order valence-corrected chi connectivity index (χ2v) is 18.8. The smallest absolute Gasteiger partial charge is 0.312 e. The number of fused-ring (bicyclic) bond motifs is 1. The molecule has 2 N–H and O–H groups in total. The third kappa shape index (κ3) is 8.58. The normalized spacial score (nSPS) is 20.7. The number of amides is 1. The number of nitro benzene ring substituents is 1. The van der Waals surface area contributed by atoms with Crippen LogP contribution in [0.15, 0.2) is 84.1 Å². The van der Waals surface area contributed by atoms with E-state index in [4.69, 9.17) is 18.9 Å². The van der Waals surface area contributed by atoms with Crippen LogP contribution in [-0.2, 0) is 19.5 Å². The van der Waals surface area contributed by atoms with Gasteiger partial charge in [0, 0.05) is 48.9 Å². The lowest BCUT2D eigenvalue weighted by Crippen LogP contribution is -2.55. The number of aromatic amines is 1. The number of nitrogens with one attached hydrogen (secondary N) is 2. The van der Waals surface area contributed by atoms with E-state index < -0.39 is 37.5 Å². The molecule has 17 heteroatoms. The maximum absolute atomic E-state index is 13.8. The van der Waals surface area contributed by atoms with E-state index >= 15 is 0 Å². The van der Waals surface area contributed by atoms with Crippen LogP contribution in [0.25, 0.3) is 11.0 Å². The van der Waals surface area contributed by atoms with Gasteiger partial charge in [0.2, 0.25) is 0 Å². The standard InChI is InChI=1S/C45H51N7O9S/c1-29(2)36-6-3-4-7-37(36)38-8-5-15-51(38)32-23-45(24-32)12-16-50(17-13-45)31-21-41(61-33-20-30-11-14-46-43(30)48-26-33)42(47-25-31)44(53)49-62(56,57)35-9-10-40(39(22-35)52(54)55)60-28-34-27-58-18-19-59-34/h3-4,6-7,9-11,14,20-22,25-26,29,32,34,38H,5,8,12-13,15-19,23-24,27-28H2,1-2H3,(H,46,48)(H,49,53). The van der Waals surface area contributed by atoms with Gasteiger partial charge in [0.05, 0.1) is 47.7 Å². The summed E-state index contributed by atoms with van der Waals surface area (Å²) in [5.74, 6) is -0.394. The number of H-pyrrole nitrogens is 1. The zero-order valence-corrected chi connectivity index (χ0v) is 35.6. The number of sulfonamides is 1. The Kier molecular flexibility index (Phi) is 11.6. The summed E-state index contributed by atoms with van der Waals surface area (Å²) in [5.41, 5.74) is 3.73. The highest BCUT2D eigenvalue weighted by Gasteiger charge is 2.50. The van der Waals surface area contributed by atoms with Crippen molar-refractivity contribution in [2.45, 2.75) is 81.4 Å². The van der Waals surface area contributed by atoms with Gasteiger partial charge in [-0.3, -0.25) is 19.8 Å². The average molecular weight is 866 g/mol. The molecule has 62 heavy (non-hydrogen) atoms. The maximum Gasteiger partial charge on any atom is 0.312 e. The average Bonchev–Trinajstić information content (AvgIpc) is 3.95. The fourth-order valence-corrected chi connectivity index (χ4v) is 10.6. The fraction of sp³-hybridized carbons (Fsp3) is 0.444. The summed E-state index contributed by atoms with van der Waals surface area (Å²) in [6.07, 6.45) is 11.2. The first-order valence-electron chi connectivity index (χ1n) is 21.3. The zero-order valence-electron chi connectivity index (χ0n) is 34.8. The number of nitrogens with zero attached hydrogens (tertiary/aromatic N) is 5. The van der Waals surface area contributed by atoms with E-state index in [2.05, 4.69) is 62.9 Å². The van der Waals surface area contributed by atoms with Crippen molar-refractivity contribution in [3.8, 4) is 17.2 Å². The number of carbonyl (C=O) groups is 1. The number of nitro groups is 1. The quantitative estimate of drug-likeness (QED) is 0.0888. The third-order valence-electron chi connectivity index (χ3n) is 12.9. The van der Waals surface area contributed by atoms with E-state index in [0.717, 1.165) is 55.7 Å². The van der Waals surface area contributed by atoms with Crippen LogP contribution in [0.5, 0.6) is 17.2 Å². The molecule has 1 aliphatic carbocycles. The number of hydrogen-bond donors (Lipinski definition) is 2. The maximum atomic E-state index is 13.8. The highest BCUT2D eigenvalue weighted by atomic mass is 32.2. The molecule has 4 aliphatic rings. The summed E-state index contributed by atoms with van der Waals surface area (Å²) in [7, 11) is -4.63. The molecule has 326 valence electrons. The molecule has 1 saturated carbocycles. The molecule has 2 aromatic carbocycles. The fourth-order valence-electron chi connectivity index (χ4n) is 9.65. The van der Waals surface area contributed by atoms with Crippen LogP contribution in [0.1, 0.15) is 85.9 Å². The zero-order chi connectivity index (χ0) is 43.0. The summed E-state index contributed by atoms with van der Waals surface area (Å²) < 4.78 is 52.0. The Morgan fingerprint density at radius 3 is 2.63 bits per heavy atom. The summed E-state index contributed by atoms with van der Waals surface area (Å²) >= 11 is 0. The molecule has 3 aliphatic heterocycles. The number of anilines is 1. The summed E-state index contributed by atoms with van der Waals surface area (Å²) in [4.78, 5) is 41.5. The summed E-state index contributed by atoms with van der Waals surface area (Å²) in [5, 5.41) is 12.8. The minimum absolute atomic E-state index is 0.0290. The van der Waals surface area contributed by atoms with Crippen molar-refractivity contribution in [2.75, 3.05) is 51.0 Å². The minimum Gasteiger partial charge on any atom is -0.484 e. The van der Waals surface area contributed by atoms with Gasteiger partial charge in [0.15, 0.2) is 17.2 Å². The van der Waals surface area contributed by atoms with Gasteiger partial charge >= 0.3 is 5.69 Å². The van der Waals surface area contributed by atoms with Crippen molar-refractivity contribution in [1.82, 2.24) is 24.6 Å². The number of piperidine rings is 1. The molecule has 3 saturated heterocycles. The van der Waals surface area contributed by atoms with Crippen molar-refractivity contribution in [1.29, 1.82) is 0 Å². The molecule has 0 bridgehead atoms. The molecule has 4 fully saturated rings. The Morgan fingerprint density at radius 2 is 1.85 bits per heavy atom. The lowest BCUT2D eigenvalue weighted by molar-refractivity contribution is -0.386. The minimum atomic E-state index is -4.63. The van der Waals surface area contributed by atoms with E-state index in [1.165, 1.54) is 49.1 Å². The molecule has 5 aromatic rings. The van der Waals surface area contributed by atoms with Gasteiger partial charge in [-0.25, -0.2) is 23.1 Å². The van der Waals surface area contributed by atoms with E-state index in [1.54, 1.807) is 24.5 Å². The first-order valence-corrected chi connectivity index (χ1v) is 22.8. The lowest BCUT2D eigenvalue weighted by Gasteiger charge is -2.56. The molecule has 3 aromatic heterocycles. The number of carbonyl (C=O) groups excluding carboxylic acids is 1. The highest BCUT2D eigenvalue weighted by Crippen LogP contribution is 2.54. The largest absolute Gasteiger partial charge is 0.484 e. The van der Waals surface area contributed by atoms with Gasteiger partial charge in [-0.1, -0.05) is 38.1 Å². The van der Waals surface area contributed by atoms with Gasteiger partial charge < -0.3 is 28.8 Å². The monoisotopic (exact) mass is 865 g/mol. The molecule has 1 spiro atoms. The Hall–Kier alpha value is -5.62. The van der Waals surface area contributed by atoms with Crippen LogP contribution < -0.4 is 19.1 Å². The van der Waals surface area contributed by atoms with E-state index in [-0.39, 0.29) is 35.8 Å². The van der Waals surface area contributed by atoms with Crippen molar-refractivity contribution in [3.63, 3.8) is 0 Å². The molecule has 0 radical (unpaired) electrons. The second kappa shape index (κ2) is 17.3. The highest BCUT2D eigenvalue weighted by molar-refractivity contribution is 7.90. The topological polar surface area (TPSA) is 191 Å². The predicted octanol–water partition coefficient (Wildman–Crippen LogP) is 7.28. The van der Waals surface area contributed by atoms with E-state index in [1.807, 2.05) is 10.8 Å². The van der Waals surface area contributed by atoms with Crippen LogP contribution in [0.3, 0.4) is 0 Å². The Morgan fingerprint density at radius 1 is 1.03 bits per heavy atom. The molecule has 9 rings (SSSR count). The lowest BCUT2D eigenvalue weighted by atomic mass is 9.59. The number of benzene rings is 2. The predicted molar refractivity (Wildman–Crippen MR) is 230 cm³/mol. The third-order valence-corrected chi connectivity index (χ3v) is 14.2. The first kappa shape index (κ1) is 41.7. The summed E-state index contributed by atoms with van der Waals surface area (Å²) in [6, 6.07) is 18.4. The number of aromatic nitrogens is 3. The van der Waals surface area contributed by atoms with Crippen LogP contribution in [0, 0.1) is 15.5 Å². The van der Waals surface area contributed by atoms with E-state index in [9.17, 15) is 23.3 Å².